The maximum absolute atomic E-state index is 12.8. The minimum atomic E-state index is -0.702. The molecule has 0 unspecified atom stereocenters. The Balaban J connectivity index is 1.48. The van der Waals surface area contributed by atoms with Gasteiger partial charge in [-0.05, 0) is 30.3 Å². The van der Waals surface area contributed by atoms with E-state index in [2.05, 4.69) is 15.8 Å². The van der Waals surface area contributed by atoms with Crippen LogP contribution in [0.4, 0.5) is 0 Å². The van der Waals surface area contributed by atoms with E-state index < -0.39 is 24.4 Å². The molecular formula is C25H18ClN3O4. The summed E-state index contributed by atoms with van der Waals surface area (Å²) in [7, 11) is 0. The van der Waals surface area contributed by atoms with Gasteiger partial charge in [0.2, 0.25) is 0 Å². The van der Waals surface area contributed by atoms with E-state index in [-0.39, 0.29) is 5.56 Å². The maximum atomic E-state index is 12.8. The quantitative estimate of drug-likeness (QED) is 0.345. The standard InChI is InChI=1S/C25H18ClN3O4/c26-20-12-6-4-11-18(20)22-14-19(17-10-5-7-13-21(17)27-22)25(32)33-15-23(30)28-29-24(31)16-8-2-1-3-9-16/h1-14H,15H2,(H,28,30)(H,29,31). The zero-order valence-corrected chi connectivity index (χ0v) is 18.0. The molecule has 0 saturated heterocycles. The highest BCUT2D eigenvalue weighted by atomic mass is 35.5. The lowest BCUT2D eigenvalue weighted by molar-refractivity contribution is -0.125. The van der Waals surface area contributed by atoms with E-state index in [4.69, 9.17) is 16.3 Å². The summed E-state index contributed by atoms with van der Waals surface area (Å²) < 4.78 is 5.19. The molecule has 0 saturated carbocycles. The van der Waals surface area contributed by atoms with Crippen molar-refractivity contribution in [2.24, 2.45) is 0 Å². The van der Waals surface area contributed by atoms with Crippen molar-refractivity contribution in [3.63, 3.8) is 0 Å². The number of amides is 2. The Hall–Kier alpha value is -4.23. The molecule has 33 heavy (non-hydrogen) atoms. The smallest absolute Gasteiger partial charge is 0.339 e. The monoisotopic (exact) mass is 459 g/mol. The predicted molar refractivity (Wildman–Crippen MR) is 125 cm³/mol. The fourth-order valence-corrected chi connectivity index (χ4v) is 3.42. The molecule has 0 radical (unpaired) electrons. The van der Waals surface area contributed by atoms with E-state index in [1.165, 1.54) is 0 Å². The van der Waals surface area contributed by atoms with Crippen LogP contribution in [0.2, 0.25) is 5.02 Å². The first kappa shape index (κ1) is 22.0. The third-order valence-corrected chi connectivity index (χ3v) is 5.10. The minimum Gasteiger partial charge on any atom is -0.452 e. The number of halogens is 1. The highest BCUT2D eigenvalue weighted by Gasteiger charge is 2.17. The van der Waals surface area contributed by atoms with Crippen LogP contribution in [0.3, 0.4) is 0 Å². The summed E-state index contributed by atoms with van der Waals surface area (Å²) in [5, 5.41) is 1.07. The Morgan fingerprint density at radius 2 is 1.55 bits per heavy atom. The Bertz CT molecular complexity index is 1340. The van der Waals surface area contributed by atoms with Crippen LogP contribution in [0.15, 0.2) is 84.9 Å². The summed E-state index contributed by atoms with van der Waals surface area (Å²) in [6, 6.07) is 24.2. The summed E-state index contributed by atoms with van der Waals surface area (Å²) in [4.78, 5) is 41.5. The van der Waals surface area contributed by atoms with Gasteiger partial charge >= 0.3 is 5.97 Å². The van der Waals surface area contributed by atoms with Crippen molar-refractivity contribution in [1.29, 1.82) is 0 Å². The van der Waals surface area contributed by atoms with Crippen molar-refractivity contribution < 1.29 is 19.1 Å². The third-order valence-electron chi connectivity index (χ3n) is 4.77. The van der Waals surface area contributed by atoms with Gasteiger partial charge in [-0.3, -0.25) is 20.4 Å². The molecule has 0 aliphatic carbocycles. The van der Waals surface area contributed by atoms with Gasteiger partial charge in [0.05, 0.1) is 16.8 Å². The second-order valence-electron chi connectivity index (χ2n) is 7.00. The molecule has 0 atom stereocenters. The first-order chi connectivity index (χ1) is 16.0. The molecule has 0 fully saturated rings. The van der Waals surface area contributed by atoms with Gasteiger partial charge in [0.15, 0.2) is 6.61 Å². The van der Waals surface area contributed by atoms with Gasteiger partial charge in [-0.15, -0.1) is 0 Å². The number of rotatable bonds is 5. The lowest BCUT2D eigenvalue weighted by Crippen LogP contribution is -2.43. The van der Waals surface area contributed by atoms with Crippen molar-refractivity contribution in [1.82, 2.24) is 15.8 Å². The Labute approximate surface area is 194 Å². The van der Waals surface area contributed by atoms with Crippen molar-refractivity contribution in [3.05, 3.63) is 101 Å². The first-order valence-corrected chi connectivity index (χ1v) is 10.4. The van der Waals surface area contributed by atoms with Gasteiger partial charge in [0, 0.05) is 21.5 Å². The number of carbonyl (C=O) groups excluding carboxylic acids is 3. The molecule has 4 aromatic rings. The lowest BCUT2D eigenvalue weighted by Gasteiger charge is -2.11. The zero-order valence-electron chi connectivity index (χ0n) is 17.2. The number of benzene rings is 3. The summed E-state index contributed by atoms with van der Waals surface area (Å²) in [5.41, 5.74) is 6.88. The number of fused-ring (bicyclic) bond motifs is 1. The highest BCUT2D eigenvalue weighted by molar-refractivity contribution is 6.33. The normalized spacial score (nSPS) is 10.5. The van der Waals surface area contributed by atoms with Crippen molar-refractivity contribution in [2.75, 3.05) is 6.61 Å². The minimum absolute atomic E-state index is 0.247. The topological polar surface area (TPSA) is 97.4 Å². The molecule has 0 aliphatic heterocycles. The molecule has 0 bridgehead atoms. The van der Waals surface area contributed by atoms with Crippen LogP contribution in [0.1, 0.15) is 20.7 Å². The van der Waals surface area contributed by atoms with Gasteiger partial charge in [0.1, 0.15) is 0 Å². The van der Waals surface area contributed by atoms with Crippen molar-refractivity contribution in [3.8, 4) is 11.3 Å². The van der Waals surface area contributed by atoms with Gasteiger partial charge in [-0.25, -0.2) is 9.78 Å². The summed E-state index contributed by atoms with van der Waals surface area (Å²) in [5.74, 6) is -1.87. The number of nitrogens with one attached hydrogen (secondary N) is 2. The average Bonchev–Trinajstić information content (AvgIpc) is 2.86. The Kier molecular flexibility index (Phi) is 6.61. The maximum Gasteiger partial charge on any atom is 0.339 e. The van der Waals surface area contributed by atoms with Crippen LogP contribution >= 0.6 is 11.6 Å². The fraction of sp³-hybridized carbons (Fsp3) is 0.0400. The zero-order chi connectivity index (χ0) is 23.2. The number of ether oxygens (including phenoxy) is 1. The molecule has 4 rings (SSSR count). The van der Waals surface area contributed by atoms with Gasteiger partial charge < -0.3 is 4.74 Å². The van der Waals surface area contributed by atoms with Crippen LogP contribution in [0.25, 0.3) is 22.2 Å². The first-order valence-electron chi connectivity index (χ1n) is 9.99. The van der Waals surface area contributed by atoms with Gasteiger partial charge in [0.25, 0.3) is 11.8 Å². The summed E-state index contributed by atoms with van der Waals surface area (Å²) in [6.07, 6.45) is 0. The van der Waals surface area contributed by atoms with Crippen LogP contribution < -0.4 is 10.9 Å². The number of nitrogens with zero attached hydrogens (tertiary/aromatic N) is 1. The second kappa shape index (κ2) is 9.93. The number of aromatic nitrogens is 1. The summed E-state index contributed by atoms with van der Waals surface area (Å²) >= 11 is 6.31. The van der Waals surface area contributed by atoms with Crippen LogP contribution in [-0.2, 0) is 9.53 Å². The Morgan fingerprint density at radius 3 is 2.33 bits per heavy atom. The van der Waals surface area contributed by atoms with E-state index in [0.29, 0.717) is 32.7 Å². The van der Waals surface area contributed by atoms with Crippen molar-refractivity contribution >= 4 is 40.3 Å². The van der Waals surface area contributed by atoms with Crippen molar-refractivity contribution in [2.45, 2.75) is 0 Å². The molecule has 3 aromatic carbocycles. The lowest BCUT2D eigenvalue weighted by atomic mass is 10.0. The third kappa shape index (κ3) is 5.16. The van der Waals surface area contributed by atoms with Gasteiger partial charge in [-0.2, -0.15) is 0 Å². The highest BCUT2D eigenvalue weighted by Crippen LogP contribution is 2.30. The number of hydrazine groups is 1. The molecule has 0 spiro atoms. The number of para-hydroxylation sites is 1. The molecule has 2 amide bonds. The Morgan fingerprint density at radius 1 is 0.848 bits per heavy atom. The van der Waals surface area contributed by atoms with E-state index in [9.17, 15) is 14.4 Å². The van der Waals surface area contributed by atoms with Gasteiger partial charge in [-0.1, -0.05) is 66.2 Å². The summed E-state index contributed by atoms with van der Waals surface area (Å²) in [6.45, 7) is -0.577. The SMILES string of the molecule is O=C(COC(=O)c1cc(-c2ccccc2Cl)nc2ccccc12)NNC(=O)c1ccccc1. The number of esters is 1. The van der Waals surface area contributed by atoms with Crippen LogP contribution in [0, 0.1) is 0 Å². The van der Waals surface area contributed by atoms with E-state index in [1.807, 2.05) is 12.1 Å². The molecule has 2 N–H and O–H groups in total. The molecule has 0 aliphatic rings. The largest absolute Gasteiger partial charge is 0.452 e. The van der Waals surface area contributed by atoms with E-state index >= 15 is 0 Å². The molecular weight excluding hydrogens is 442 g/mol. The number of hydrogen-bond donors (Lipinski definition) is 2. The van der Waals surface area contributed by atoms with Crippen LogP contribution in [-0.4, -0.2) is 29.4 Å². The predicted octanol–water partition coefficient (Wildman–Crippen LogP) is 4.17. The molecule has 1 heterocycles. The average molecular weight is 460 g/mol. The van der Waals surface area contributed by atoms with Crippen LogP contribution in [0.5, 0.6) is 0 Å². The number of hydrogen-bond acceptors (Lipinski definition) is 5. The van der Waals surface area contributed by atoms with E-state index in [1.54, 1.807) is 72.8 Å². The second-order valence-corrected chi connectivity index (χ2v) is 7.40. The van der Waals surface area contributed by atoms with E-state index in [0.717, 1.165) is 0 Å². The molecule has 8 heteroatoms. The fourth-order valence-electron chi connectivity index (χ4n) is 3.18. The molecule has 1 aromatic heterocycles. The number of carbonyl (C=O) groups is 3. The number of pyridine rings is 1. The molecule has 164 valence electrons. The molecule has 7 nitrogen and oxygen atoms in total.